The van der Waals surface area contributed by atoms with Crippen LogP contribution in [0.1, 0.15) is 17.1 Å². The predicted molar refractivity (Wildman–Crippen MR) is 80.2 cm³/mol. The summed E-state index contributed by atoms with van der Waals surface area (Å²) >= 11 is 5.95. The normalized spacial score (nSPS) is 11.6. The molecule has 1 N–H and O–H groups in total. The van der Waals surface area contributed by atoms with Crippen LogP contribution >= 0.6 is 11.6 Å². The van der Waals surface area contributed by atoms with Crippen molar-refractivity contribution in [1.82, 2.24) is 4.72 Å². The first kappa shape index (κ1) is 15.9. The van der Waals surface area contributed by atoms with E-state index in [2.05, 4.69) is 4.72 Å². The lowest BCUT2D eigenvalue weighted by molar-refractivity contribution is 0.414. The lowest BCUT2D eigenvalue weighted by Crippen LogP contribution is -2.23. The van der Waals surface area contributed by atoms with E-state index in [-0.39, 0.29) is 16.5 Å². The van der Waals surface area contributed by atoms with Gasteiger partial charge in [0, 0.05) is 12.1 Å². The molecule has 0 saturated heterocycles. The van der Waals surface area contributed by atoms with E-state index in [0.717, 1.165) is 11.3 Å². The van der Waals surface area contributed by atoms with Gasteiger partial charge in [0.1, 0.15) is 17.3 Å². The molecule has 0 spiro atoms. The van der Waals surface area contributed by atoms with E-state index in [9.17, 15) is 8.42 Å². The van der Waals surface area contributed by atoms with Gasteiger partial charge in [-0.05, 0) is 38.1 Å². The molecule has 21 heavy (non-hydrogen) atoms. The van der Waals surface area contributed by atoms with Crippen LogP contribution < -0.4 is 9.46 Å². The summed E-state index contributed by atoms with van der Waals surface area (Å²) in [6.45, 7) is 3.77. The molecule has 2 aromatic rings. The Balaban J connectivity index is 2.18. The van der Waals surface area contributed by atoms with E-state index in [1.165, 1.54) is 25.3 Å². The number of aryl methyl sites for hydroxylation is 2. The van der Waals surface area contributed by atoms with E-state index < -0.39 is 10.0 Å². The summed E-state index contributed by atoms with van der Waals surface area (Å²) in [6.07, 6.45) is 0. The minimum absolute atomic E-state index is 0.0890. The molecule has 0 atom stereocenters. The Morgan fingerprint density at radius 1 is 1.29 bits per heavy atom. The predicted octanol–water partition coefficient (Wildman–Crippen LogP) is 3.04. The number of furan rings is 1. The maximum atomic E-state index is 12.2. The molecule has 0 unspecified atom stereocenters. The molecule has 2 rings (SSSR count). The van der Waals surface area contributed by atoms with Gasteiger partial charge in [-0.25, -0.2) is 13.1 Å². The van der Waals surface area contributed by atoms with Crippen molar-refractivity contribution < 1.29 is 17.6 Å². The quantitative estimate of drug-likeness (QED) is 0.915. The summed E-state index contributed by atoms with van der Waals surface area (Å²) in [5, 5.41) is 0.246. The molecule has 7 heteroatoms. The Morgan fingerprint density at radius 2 is 2.00 bits per heavy atom. The maximum Gasteiger partial charge on any atom is 0.240 e. The van der Waals surface area contributed by atoms with Gasteiger partial charge in [-0.2, -0.15) is 0 Å². The molecule has 0 fully saturated rings. The van der Waals surface area contributed by atoms with Crippen molar-refractivity contribution in [2.24, 2.45) is 0 Å². The fourth-order valence-corrected chi connectivity index (χ4v) is 3.28. The number of sulfonamides is 1. The number of nitrogens with one attached hydrogen (secondary N) is 1. The highest BCUT2D eigenvalue weighted by Gasteiger charge is 2.17. The second kappa shape index (κ2) is 6.09. The number of hydrogen-bond acceptors (Lipinski definition) is 4. The standard InChI is InChI=1S/C14H16ClNO4S/c1-9-6-11(10(2)20-9)8-16-21(17,18)12-4-5-14(19-3)13(15)7-12/h4-7,16H,8H2,1-3H3. The highest BCUT2D eigenvalue weighted by molar-refractivity contribution is 7.89. The number of rotatable bonds is 5. The lowest BCUT2D eigenvalue weighted by Gasteiger charge is -2.08. The number of hydrogen-bond donors (Lipinski definition) is 1. The van der Waals surface area contributed by atoms with Crippen molar-refractivity contribution in [1.29, 1.82) is 0 Å². The first-order valence-electron chi connectivity index (χ1n) is 6.22. The number of methoxy groups -OCH3 is 1. The van der Waals surface area contributed by atoms with Crippen LogP contribution in [-0.4, -0.2) is 15.5 Å². The average Bonchev–Trinajstić information content (AvgIpc) is 2.74. The zero-order chi connectivity index (χ0) is 15.6. The summed E-state index contributed by atoms with van der Waals surface area (Å²) in [4.78, 5) is 0.0890. The summed E-state index contributed by atoms with van der Waals surface area (Å²) in [5.74, 6) is 1.87. The van der Waals surface area contributed by atoms with Crippen molar-refractivity contribution in [3.63, 3.8) is 0 Å². The van der Waals surface area contributed by atoms with Gasteiger partial charge in [-0.15, -0.1) is 0 Å². The summed E-state index contributed by atoms with van der Waals surface area (Å²) in [6, 6.07) is 6.12. The van der Waals surface area contributed by atoms with Crippen LogP contribution in [0.3, 0.4) is 0 Å². The molecular formula is C14H16ClNO4S. The fraction of sp³-hybridized carbons (Fsp3) is 0.286. The van der Waals surface area contributed by atoms with Crippen LogP contribution in [0.25, 0.3) is 0 Å². The molecule has 0 aliphatic heterocycles. The van der Waals surface area contributed by atoms with Crippen molar-refractivity contribution in [2.75, 3.05) is 7.11 Å². The third-order valence-corrected chi connectivity index (χ3v) is 4.72. The summed E-state index contributed by atoms with van der Waals surface area (Å²) < 4.78 is 37.4. The monoisotopic (exact) mass is 329 g/mol. The van der Waals surface area contributed by atoms with Crippen LogP contribution in [0.5, 0.6) is 5.75 Å². The van der Waals surface area contributed by atoms with Crippen LogP contribution in [0.2, 0.25) is 5.02 Å². The maximum absolute atomic E-state index is 12.2. The smallest absolute Gasteiger partial charge is 0.240 e. The Morgan fingerprint density at radius 3 is 2.52 bits per heavy atom. The molecule has 114 valence electrons. The van der Waals surface area contributed by atoms with Crippen molar-refractivity contribution in [3.05, 3.63) is 46.4 Å². The van der Waals surface area contributed by atoms with Crippen molar-refractivity contribution >= 4 is 21.6 Å². The Hall–Kier alpha value is -1.50. The minimum atomic E-state index is -3.65. The molecule has 0 aliphatic carbocycles. The fourth-order valence-electron chi connectivity index (χ4n) is 1.93. The van der Waals surface area contributed by atoms with Gasteiger partial charge < -0.3 is 9.15 Å². The molecule has 0 radical (unpaired) electrons. The van der Waals surface area contributed by atoms with Gasteiger partial charge in [0.05, 0.1) is 17.0 Å². The minimum Gasteiger partial charge on any atom is -0.495 e. The molecule has 0 aliphatic rings. The van der Waals surface area contributed by atoms with E-state index in [1.54, 1.807) is 13.0 Å². The molecule has 1 aromatic heterocycles. The zero-order valence-corrected chi connectivity index (χ0v) is 13.5. The summed E-state index contributed by atoms with van der Waals surface area (Å²) in [7, 11) is -2.18. The molecule has 0 amide bonds. The Bertz CT molecular complexity index is 752. The van der Waals surface area contributed by atoms with Crippen molar-refractivity contribution in [3.8, 4) is 5.75 Å². The zero-order valence-electron chi connectivity index (χ0n) is 11.9. The van der Waals surface area contributed by atoms with Gasteiger partial charge in [-0.3, -0.25) is 0 Å². The lowest BCUT2D eigenvalue weighted by atomic mass is 10.2. The second-order valence-electron chi connectivity index (χ2n) is 4.56. The summed E-state index contributed by atoms with van der Waals surface area (Å²) in [5.41, 5.74) is 0.802. The molecule has 5 nitrogen and oxygen atoms in total. The van der Waals surface area contributed by atoms with Gasteiger partial charge in [-0.1, -0.05) is 11.6 Å². The first-order chi connectivity index (χ1) is 9.83. The third-order valence-electron chi connectivity index (χ3n) is 3.03. The van der Waals surface area contributed by atoms with E-state index in [1.807, 2.05) is 6.92 Å². The Kier molecular flexibility index (Phi) is 4.61. The molecule has 0 saturated carbocycles. The largest absolute Gasteiger partial charge is 0.495 e. The van der Waals surface area contributed by atoms with Crippen molar-refractivity contribution in [2.45, 2.75) is 25.3 Å². The van der Waals surface area contributed by atoms with Gasteiger partial charge >= 0.3 is 0 Å². The number of halogens is 1. The van der Waals surface area contributed by atoms with E-state index in [0.29, 0.717) is 11.5 Å². The SMILES string of the molecule is COc1ccc(S(=O)(=O)NCc2cc(C)oc2C)cc1Cl. The number of ether oxygens (including phenoxy) is 1. The Labute approximate surface area is 128 Å². The highest BCUT2D eigenvalue weighted by Crippen LogP contribution is 2.27. The molecule has 1 aromatic carbocycles. The average molecular weight is 330 g/mol. The van der Waals surface area contributed by atoms with E-state index in [4.69, 9.17) is 20.8 Å². The third kappa shape index (κ3) is 3.58. The second-order valence-corrected chi connectivity index (χ2v) is 6.73. The highest BCUT2D eigenvalue weighted by atomic mass is 35.5. The first-order valence-corrected chi connectivity index (χ1v) is 8.08. The van der Waals surface area contributed by atoms with Gasteiger partial charge in [0.2, 0.25) is 10.0 Å². The van der Waals surface area contributed by atoms with Crippen LogP contribution in [0.4, 0.5) is 0 Å². The topological polar surface area (TPSA) is 68.5 Å². The van der Waals surface area contributed by atoms with Crippen LogP contribution in [-0.2, 0) is 16.6 Å². The molecule has 0 bridgehead atoms. The van der Waals surface area contributed by atoms with Gasteiger partial charge in [0.25, 0.3) is 0 Å². The van der Waals surface area contributed by atoms with Gasteiger partial charge in [0.15, 0.2) is 0 Å². The van der Waals surface area contributed by atoms with Crippen LogP contribution in [0.15, 0.2) is 33.6 Å². The van der Waals surface area contributed by atoms with E-state index >= 15 is 0 Å². The number of benzene rings is 1. The molecule has 1 heterocycles. The molecular weight excluding hydrogens is 314 g/mol. The van der Waals surface area contributed by atoms with Crippen LogP contribution in [0, 0.1) is 13.8 Å².